The van der Waals surface area contributed by atoms with Crippen LogP contribution in [0.4, 0.5) is 10.8 Å². The van der Waals surface area contributed by atoms with Gasteiger partial charge < -0.3 is 10.5 Å². The van der Waals surface area contributed by atoms with Crippen LogP contribution in [0.1, 0.15) is 6.92 Å². The summed E-state index contributed by atoms with van der Waals surface area (Å²) in [6.07, 6.45) is 0. The second kappa shape index (κ2) is 4.96. The minimum absolute atomic E-state index is 0.0943. The molecule has 0 bridgehead atoms. The van der Waals surface area contributed by atoms with E-state index in [1.54, 1.807) is 19.1 Å². The largest absolute Gasteiger partial charge is 0.487 e. The van der Waals surface area contributed by atoms with Crippen molar-refractivity contribution in [1.82, 2.24) is 10.2 Å². The molecule has 1 heterocycles. The van der Waals surface area contributed by atoms with Gasteiger partial charge in [0, 0.05) is 11.6 Å². The van der Waals surface area contributed by atoms with E-state index in [-0.39, 0.29) is 11.4 Å². The van der Waals surface area contributed by atoms with Crippen LogP contribution in [0.2, 0.25) is 0 Å². The van der Waals surface area contributed by atoms with Gasteiger partial charge in [0.25, 0.3) is 0 Å². The van der Waals surface area contributed by atoms with Gasteiger partial charge in [-0.1, -0.05) is 11.3 Å². The van der Waals surface area contributed by atoms with Crippen molar-refractivity contribution in [3.8, 4) is 16.3 Å². The lowest BCUT2D eigenvalue weighted by atomic mass is 10.2. The first-order valence-corrected chi connectivity index (χ1v) is 5.94. The fourth-order valence-electron chi connectivity index (χ4n) is 1.42. The summed E-state index contributed by atoms with van der Waals surface area (Å²) in [4.78, 5) is 10.5. The highest BCUT2D eigenvalue weighted by Gasteiger charge is 2.17. The zero-order valence-corrected chi connectivity index (χ0v) is 10.3. The Morgan fingerprint density at radius 1 is 1.50 bits per heavy atom. The highest BCUT2D eigenvalue weighted by molar-refractivity contribution is 7.18. The van der Waals surface area contributed by atoms with E-state index in [9.17, 15) is 10.1 Å². The molecule has 94 valence electrons. The normalized spacial score (nSPS) is 10.3. The molecule has 0 unspecified atom stereocenters. The van der Waals surface area contributed by atoms with Crippen LogP contribution in [0.15, 0.2) is 18.2 Å². The number of anilines is 1. The van der Waals surface area contributed by atoms with E-state index in [1.807, 2.05) is 0 Å². The van der Waals surface area contributed by atoms with Crippen LogP contribution >= 0.6 is 11.3 Å². The number of nitrogens with zero attached hydrogens (tertiary/aromatic N) is 3. The van der Waals surface area contributed by atoms with Crippen molar-refractivity contribution >= 4 is 22.2 Å². The quantitative estimate of drug-likeness (QED) is 0.671. The van der Waals surface area contributed by atoms with E-state index in [2.05, 4.69) is 10.2 Å². The van der Waals surface area contributed by atoms with Crippen molar-refractivity contribution in [2.75, 3.05) is 12.3 Å². The number of nitrogen functional groups attached to an aromatic ring is 1. The molecule has 0 amide bonds. The molecule has 0 fully saturated rings. The molecule has 2 rings (SSSR count). The average molecular weight is 266 g/mol. The zero-order chi connectivity index (χ0) is 13.1. The van der Waals surface area contributed by atoms with Crippen molar-refractivity contribution in [2.45, 2.75) is 6.92 Å². The third-order valence-corrected chi connectivity index (χ3v) is 2.94. The standard InChI is InChI=1S/C10H10N4O3S/c1-2-17-8-4-3-6(5-7(8)14(15)16)9-12-13-10(11)18-9/h3-5H,2H2,1H3,(H2,11,13). The molecule has 2 aromatic rings. The summed E-state index contributed by atoms with van der Waals surface area (Å²) in [5, 5.41) is 19.3. The number of hydrogen-bond donors (Lipinski definition) is 1. The van der Waals surface area contributed by atoms with Gasteiger partial charge >= 0.3 is 5.69 Å². The van der Waals surface area contributed by atoms with Gasteiger partial charge in [0.1, 0.15) is 5.01 Å². The predicted molar refractivity (Wildman–Crippen MR) is 67.6 cm³/mol. The molecule has 0 aliphatic rings. The monoisotopic (exact) mass is 266 g/mol. The van der Waals surface area contributed by atoms with E-state index in [0.29, 0.717) is 22.3 Å². The fourth-order valence-corrected chi connectivity index (χ4v) is 2.03. The van der Waals surface area contributed by atoms with E-state index in [0.717, 1.165) is 0 Å². The van der Waals surface area contributed by atoms with E-state index in [1.165, 1.54) is 17.4 Å². The van der Waals surface area contributed by atoms with Crippen molar-refractivity contribution in [1.29, 1.82) is 0 Å². The van der Waals surface area contributed by atoms with Gasteiger partial charge in [-0.3, -0.25) is 10.1 Å². The number of aromatic nitrogens is 2. The molecule has 8 heteroatoms. The molecule has 0 radical (unpaired) electrons. The summed E-state index contributed by atoms with van der Waals surface area (Å²) in [5.74, 6) is 0.240. The van der Waals surface area contributed by atoms with Gasteiger partial charge in [0.15, 0.2) is 5.75 Å². The maximum Gasteiger partial charge on any atom is 0.311 e. The predicted octanol–water partition coefficient (Wildman–Crippen LogP) is 2.09. The second-order valence-electron chi connectivity index (χ2n) is 3.32. The fraction of sp³-hybridized carbons (Fsp3) is 0.200. The summed E-state index contributed by atoms with van der Waals surface area (Å²) in [6.45, 7) is 2.13. The maximum absolute atomic E-state index is 11.0. The van der Waals surface area contributed by atoms with Gasteiger partial charge in [-0.25, -0.2) is 0 Å². The highest BCUT2D eigenvalue weighted by atomic mass is 32.1. The minimum atomic E-state index is -0.487. The Kier molecular flexibility index (Phi) is 3.38. The van der Waals surface area contributed by atoms with Crippen molar-refractivity contribution < 1.29 is 9.66 Å². The molecule has 18 heavy (non-hydrogen) atoms. The lowest BCUT2D eigenvalue weighted by molar-refractivity contribution is -0.385. The van der Waals surface area contributed by atoms with Gasteiger partial charge in [0.2, 0.25) is 5.13 Å². The smallest absolute Gasteiger partial charge is 0.311 e. The van der Waals surface area contributed by atoms with Gasteiger partial charge in [-0.2, -0.15) is 0 Å². The number of hydrogen-bond acceptors (Lipinski definition) is 7. The number of nitro benzene ring substituents is 1. The lowest BCUT2D eigenvalue weighted by Crippen LogP contribution is -1.97. The van der Waals surface area contributed by atoms with Crippen LogP contribution in [0.3, 0.4) is 0 Å². The molecule has 0 atom stereocenters. The summed E-state index contributed by atoms with van der Waals surface area (Å²) >= 11 is 1.17. The first-order valence-electron chi connectivity index (χ1n) is 5.12. The van der Waals surface area contributed by atoms with E-state index < -0.39 is 4.92 Å². The average Bonchev–Trinajstić information content (AvgIpc) is 2.76. The number of nitrogens with two attached hydrogens (primary N) is 1. The molecular weight excluding hydrogens is 256 g/mol. The summed E-state index contributed by atoms with van der Waals surface area (Å²) in [5.41, 5.74) is 5.98. The molecule has 0 spiro atoms. The SMILES string of the molecule is CCOc1ccc(-c2nnc(N)s2)cc1[N+](=O)[O-]. The van der Waals surface area contributed by atoms with Gasteiger partial charge in [0.05, 0.1) is 11.5 Å². The van der Waals surface area contributed by atoms with E-state index in [4.69, 9.17) is 10.5 Å². The Labute approximate surface area is 106 Å². The second-order valence-corrected chi connectivity index (χ2v) is 4.33. The number of nitro groups is 1. The molecule has 7 nitrogen and oxygen atoms in total. The molecule has 1 aromatic heterocycles. The van der Waals surface area contributed by atoms with E-state index >= 15 is 0 Å². The van der Waals surface area contributed by atoms with Crippen LogP contribution in [-0.2, 0) is 0 Å². The minimum Gasteiger partial charge on any atom is -0.487 e. The van der Waals surface area contributed by atoms with Gasteiger partial charge in [-0.15, -0.1) is 10.2 Å². The van der Waals surface area contributed by atoms with Crippen LogP contribution in [0, 0.1) is 10.1 Å². The summed E-state index contributed by atoms with van der Waals surface area (Å²) in [7, 11) is 0. The van der Waals surface area contributed by atoms with Crippen molar-refractivity contribution in [2.24, 2.45) is 0 Å². The van der Waals surface area contributed by atoms with Crippen LogP contribution in [0.5, 0.6) is 5.75 Å². The Balaban J connectivity index is 2.46. The Morgan fingerprint density at radius 2 is 2.28 bits per heavy atom. The zero-order valence-electron chi connectivity index (χ0n) is 9.49. The highest BCUT2D eigenvalue weighted by Crippen LogP contribution is 2.33. The topological polar surface area (TPSA) is 104 Å². The van der Waals surface area contributed by atoms with Crippen molar-refractivity contribution in [3.63, 3.8) is 0 Å². The molecule has 0 aliphatic carbocycles. The van der Waals surface area contributed by atoms with Crippen LogP contribution in [0.25, 0.3) is 10.6 Å². The molecule has 0 aliphatic heterocycles. The molecule has 1 aromatic carbocycles. The Morgan fingerprint density at radius 3 is 2.83 bits per heavy atom. The summed E-state index contributed by atoms with van der Waals surface area (Å²) < 4.78 is 5.20. The number of rotatable bonds is 4. The first-order chi connectivity index (χ1) is 8.61. The molecule has 0 saturated carbocycles. The molecule has 0 saturated heterocycles. The van der Waals surface area contributed by atoms with Crippen LogP contribution in [-0.4, -0.2) is 21.7 Å². The first kappa shape index (κ1) is 12.2. The third-order valence-electron chi connectivity index (χ3n) is 2.14. The lowest BCUT2D eigenvalue weighted by Gasteiger charge is -2.04. The Bertz CT molecular complexity index is 584. The Hall–Kier alpha value is -2.22. The molecule has 2 N–H and O–H groups in total. The van der Waals surface area contributed by atoms with Crippen LogP contribution < -0.4 is 10.5 Å². The van der Waals surface area contributed by atoms with Gasteiger partial charge in [-0.05, 0) is 19.1 Å². The maximum atomic E-state index is 11.0. The van der Waals surface area contributed by atoms with Crippen molar-refractivity contribution in [3.05, 3.63) is 28.3 Å². The molecular formula is C10H10N4O3S. The third kappa shape index (κ3) is 2.38. The number of ether oxygens (including phenoxy) is 1. The summed E-state index contributed by atoms with van der Waals surface area (Å²) in [6, 6.07) is 4.65. The number of benzene rings is 1.